The molecule has 10 atom stereocenters. The zero-order valence-corrected chi connectivity index (χ0v) is 26.0. The summed E-state index contributed by atoms with van der Waals surface area (Å²) in [5, 5.41) is 22.3. The molecule has 0 bridgehead atoms. The Morgan fingerprint density at radius 2 is 1.64 bits per heavy atom. The minimum Gasteiger partial charge on any atom is -0.390 e. The summed E-state index contributed by atoms with van der Waals surface area (Å²) >= 11 is 4.10. The third kappa shape index (κ3) is 5.96. The van der Waals surface area contributed by atoms with Gasteiger partial charge in [-0.3, -0.25) is 18.2 Å². The van der Waals surface area contributed by atoms with Gasteiger partial charge in [-0.2, -0.15) is 9.97 Å². The van der Waals surface area contributed by atoms with E-state index in [1.54, 1.807) is 0 Å². The highest BCUT2D eigenvalue weighted by Crippen LogP contribution is 2.57. The van der Waals surface area contributed by atoms with Gasteiger partial charge in [-0.05, 0) is 0 Å². The maximum Gasteiger partial charge on any atom is 0.386 e. The number of nitrogen functional groups attached to an aromatic ring is 3. The molecule has 0 saturated carbocycles. The SMILES string of the molecule is Nc1nc(N)c2ncn([C@@H]3O[C@H](COP)[C@@H](O[P@](=O)(S)OC[C@H]4O[C@@H](n5cnc6c(N)ncnc65)[C@H](CC=O)[C@@H]4O)[C@H]3O)c2n1. The summed E-state index contributed by atoms with van der Waals surface area (Å²) in [4.78, 5) is 36.0. The molecule has 0 aliphatic carbocycles. The normalized spacial score (nSPS) is 29.9. The van der Waals surface area contributed by atoms with Gasteiger partial charge in [-0.15, -0.1) is 0 Å². The number of thiol groups is 1. The minimum atomic E-state index is -4.26. The molecule has 8 N–H and O–H groups in total. The lowest BCUT2D eigenvalue weighted by Crippen LogP contribution is -2.36. The first-order valence-corrected chi connectivity index (χ1v) is 16.5. The van der Waals surface area contributed by atoms with Crippen LogP contribution in [0.4, 0.5) is 17.6 Å². The van der Waals surface area contributed by atoms with Crippen LogP contribution < -0.4 is 17.2 Å². The van der Waals surface area contributed by atoms with E-state index in [1.807, 2.05) is 0 Å². The predicted octanol–water partition coefficient (Wildman–Crippen LogP) is -0.619. The van der Waals surface area contributed by atoms with E-state index in [4.69, 9.17) is 40.2 Å². The number of hydrogen-bond donors (Lipinski definition) is 6. The van der Waals surface area contributed by atoms with Gasteiger partial charge in [-0.1, -0.05) is 12.2 Å². The van der Waals surface area contributed by atoms with Crippen LogP contribution in [-0.4, -0.2) is 99.3 Å². The van der Waals surface area contributed by atoms with E-state index in [9.17, 15) is 19.6 Å². The van der Waals surface area contributed by atoms with Gasteiger partial charge in [0, 0.05) is 21.8 Å². The largest absolute Gasteiger partial charge is 0.390 e. The van der Waals surface area contributed by atoms with Crippen LogP contribution in [0.2, 0.25) is 0 Å². The van der Waals surface area contributed by atoms with Gasteiger partial charge in [0.25, 0.3) is 0 Å². The van der Waals surface area contributed by atoms with Crippen molar-refractivity contribution in [2.24, 2.45) is 5.92 Å². The zero-order chi connectivity index (χ0) is 32.0. The van der Waals surface area contributed by atoms with E-state index in [0.29, 0.717) is 17.5 Å². The maximum absolute atomic E-state index is 13.4. The highest BCUT2D eigenvalue weighted by Gasteiger charge is 2.50. The van der Waals surface area contributed by atoms with Crippen molar-refractivity contribution >= 4 is 74.7 Å². The summed E-state index contributed by atoms with van der Waals surface area (Å²) < 4.78 is 44.7. The van der Waals surface area contributed by atoms with Crippen LogP contribution in [0.3, 0.4) is 0 Å². The standard InChI is InChI=1S/C22H29N11O9P2S/c23-16-11-18(27-5-26-16)32(6-28-11)20-8(1-2-34)13(35)9(40-20)4-39-44(37,45)42-15-10(3-38-43)41-21(14(15)36)33-7-29-12-17(24)30-22(25)31-19(12)33/h2,5-10,13-15,20-21,35-36H,1,3-4,43H2,(H,37,45)(H2,23,26,27)(H4,24,25,30,31)/t8-,9-,10-,13+,14-,15-,20-,21-,44-/m1/s1. The number of nitrogens with two attached hydrogens (primary N) is 3. The van der Waals surface area contributed by atoms with Crippen LogP contribution in [0, 0.1) is 5.92 Å². The number of aliphatic hydroxyl groups excluding tert-OH is 2. The molecule has 2 aliphatic rings. The topological polar surface area (TPSA) is 286 Å². The van der Waals surface area contributed by atoms with Gasteiger partial charge in [0.15, 0.2) is 29.2 Å². The lowest BCUT2D eigenvalue weighted by Gasteiger charge is -2.24. The molecule has 6 heterocycles. The molecule has 2 fully saturated rings. The molecule has 6 rings (SSSR count). The lowest BCUT2D eigenvalue weighted by atomic mass is 9.97. The van der Waals surface area contributed by atoms with E-state index in [1.165, 1.54) is 28.1 Å². The average molecular weight is 686 g/mol. The number of aliphatic hydroxyl groups is 2. The summed E-state index contributed by atoms with van der Waals surface area (Å²) in [7, 11) is 2.05. The van der Waals surface area contributed by atoms with Crippen LogP contribution in [0.5, 0.6) is 0 Å². The summed E-state index contributed by atoms with van der Waals surface area (Å²) in [5.41, 5.74) is 18.6. The number of hydrogen-bond acceptors (Lipinski definition) is 18. The molecule has 4 aromatic rings. The van der Waals surface area contributed by atoms with Crippen molar-refractivity contribution in [1.29, 1.82) is 0 Å². The van der Waals surface area contributed by atoms with E-state index in [2.05, 4.69) is 51.6 Å². The van der Waals surface area contributed by atoms with E-state index < -0.39 is 62.3 Å². The number of imidazole rings is 2. The Kier molecular flexibility index (Phi) is 8.92. The van der Waals surface area contributed by atoms with Gasteiger partial charge in [-0.25, -0.2) is 24.5 Å². The molecule has 0 spiro atoms. The van der Waals surface area contributed by atoms with E-state index in [0.717, 1.165) is 0 Å². The van der Waals surface area contributed by atoms with Crippen molar-refractivity contribution in [2.75, 3.05) is 30.4 Å². The molecule has 0 aromatic carbocycles. The summed E-state index contributed by atoms with van der Waals surface area (Å²) in [5.74, 6) is -0.683. The van der Waals surface area contributed by atoms with Crippen molar-refractivity contribution in [3.05, 3.63) is 19.0 Å². The second-order valence-corrected chi connectivity index (χ2v) is 13.4. The Morgan fingerprint density at radius 3 is 2.36 bits per heavy atom. The van der Waals surface area contributed by atoms with Gasteiger partial charge >= 0.3 is 6.80 Å². The first kappa shape index (κ1) is 31.9. The van der Waals surface area contributed by atoms with E-state index >= 15 is 0 Å². The number of carbonyl (C=O) groups is 1. The van der Waals surface area contributed by atoms with Crippen molar-refractivity contribution < 1.29 is 42.6 Å². The molecule has 2 saturated heterocycles. The van der Waals surface area contributed by atoms with Crippen molar-refractivity contribution in [3.8, 4) is 0 Å². The molecule has 0 amide bonds. The van der Waals surface area contributed by atoms with Gasteiger partial charge < -0.3 is 46.2 Å². The molecule has 23 heteroatoms. The van der Waals surface area contributed by atoms with Crippen molar-refractivity contribution in [2.45, 2.75) is 49.4 Å². The number of aldehydes is 1. The molecular formula is C22H29N11O9P2S. The molecule has 1 unspecified atom stereocenters. The van der Waals surface area contributed by atoms with Gasteiger partial charge in [0.1, 0.15) is 54.3 Å². The Labute approximate surface area is 260 Å². The van der Waals surface area contributed by atoms with Crippen LogP contribution in [-0.2, 0) is 32.4 Å². The fourth-order valence-corrected chi connectivity index (χ4v) is 7.12. The predicted molar refractivity (Wildman–Crippen MR) is 161 cm³/mol. The number of nitrogens with zero attached hydrogens (tertiary/aromatic N) is 8. The van der Waals surface area contributed by atoms with Gasteiger partial charge in [0.2, 0.25) is 5.95 Å². The molecule has 4 aromatic heterocycles. The average Bonchev–Trinajstić information content (AvgIpc) is 3.75. The molecule has 242 valence electrons. The second-order valence-electron chi connectivity index (χ2n) is 10.2. The Hall–Kier alpha value is -3.10. The van der Waals surface area contributed by atoms with E-state index in [-0.39, 0.29) is 41.8 Å². The molecule has 45 heavy (non-hydrogen) atoms. The van der Waals surface area contributed by atoms with Crippen LogP contribution in [0.1, 0.15) is 18.9 Å². The molecule has 0 radical (unpaired) electrons. The fourth-order valence-electron chi connectivity index (χ4n) is 5.44. The number of fused-ring (bicyclic) bond motifs is 2. The number of carbonyl (C=O) groups excluding carboxylic acids is 1. The Morgan fingerprint density at radius 1 is 0.956 bits per heavy atom. The second kappa shape index (κ2) is 12.6. The number of anilines is 3. The highest BCUT2D eigenvalue weighted by atomic mass is 32.7. The minimum absolute atomic E-state index is 0.0298. The third-order valence-corrected chi connectivity index (χ3v) is 9.30. The van der Waals surface area contributed by atoms with Crippen LogP contribution in [0.25, 0.3) is 22.3 Å². The molecule has 20 nitrogen and oxygen atoms in total. The molecular weight excluding hydrogens is 656 g/mol. The van der Waals surface area contributed by atoms with Crippen molar-refractivity contribution in [3.63, 3.8) is 0 Å². The van der Waals surface area contributed by atoms with Crippen LogP contribution in [0.15, 0.2) is 19.0 Å². The summed E-state index contributed by atoms with van der Waals surface area (Å²) in [6.45, 7) is -4.83. The third-order valence-electron chi connectivity index (χ3n) is 7.50. The van der Waals surface area contributed by atoms with Crippen molar-refractivity contribution in [1.82, 2.24) is 39.0 Å². The van der Waals surface area contributed by atoms with Crippen LogP contribution >= 0.6 is 28.5 Å². The number of aromatic nitrogens is 8. The monoisotopic (exact) mass is 685 g/mol. The summed E-state index contributed by atoms with van der Waals surface area (Å²) in [6.07, 6.45) is -3.47. The highest BCUT2D eigenvalue weighted by molar-refractivity contribution is 8.44. The smallest absolute Gasteiger partial charge is 0.386 e. The number of ether oxygens (including phenoxy) is 2. The number of rotatable bonds is 11. The Balaban J connectivity index is 1.17. The fraction of sp³-hybridized carbons (Fsp3) is 0.500. The molecule has 2 aliphatic heterocycles. The lowest BCUT2D eigenvalue weighted by molar-refractivity contribution is -0.110. The quantitative estimate of drug-likeness (QED) is 0.0651. The first-order valence-electron chi connectivity index (χ1n) is 13.3. The summed E-state index contributed by atoms with van der Waals surface area (Å²) in [6, 6.07) is 0. The maximum atomic E-state index is 13.4. The zero-order valence-electron chi connectivity index (χ0n) is 23.1. The first-order chi connectivity index (χ1) is 21.5. The van der Waals surface area contributed by atoms with Gasteiger partial charge in [0.05, 0.1) is 32.0 Å². The Bertz CT molecular complexity index is 1760.